The first kappa shape index (κ1) is 21.2. The van der Waals surface area contributed by atoms with Crippen LogP contribution in [0, 0.1) is 5.92 Å². The van der Waals surface area contributed by atoms with Gasteiger partial charge in [-0.2, -0.15) is 12.6 Å². The number of hydrogen-bond donors (Lipinski definition) is 6. The molecule has 0 saturated carbocycles. The average molecular weight is 348 g/mol. The molecule has 0 unspecified atom stereocenters. The molecule has 0 heterocycles. The first-order valence-corrected chi connectivity index (χ1v) is 7.75. The maximum Gasteiger partial charge on any atom is 0.326 e. The molecule has 0 aliphatic rings. The number of carbonyl (C=O) groups is 4. The van der Waals surface area contributed by atoms with E-state index in [4.69, 9.17) is 16.6 Å². The SMILES string of the molecule is CC[C@H](C)[C@H](NC(=O)[C@H](CS)NC(=O)[C@@H](N)CC(N)=O)C(=O)O. The first-order valence-electron chi connectivity index (χ1n) is 7.12. The number of primary amides is 1. The summed E-state index contributed by atoms with van der Waals surface area (Å²) in [6.45, 7) is 3.49. The van der Waals surface area contributed by atoms with Crippen molar-refractivity contribution in [1.29, 1.82) is 0 Å². The van der Waals surface area contributed by atoms with Crippen LogP contribution < -0.4 is 22.1 Å². The quantitative estimate of drug-likeness (QED) is 0.255. The third-order valence-corrected chi connectivity index (χ3v) is 3.72. The molecule has 7 N–H and O–H groups in total. The van der Waals surface area contributed by atoms with Crippen LogP contribution in [0.25, 0.3) is 0 Å². The molecule has 10 heteroatoms. The van der Waals surface area contributed by atoms with Crippen molar-refractivity contribution in [2.75, 3.05) is 5.75 Å². The van der Waals surface area contributed by atoms with Crippen molar-refractivity contribution in [1.82, 2.24) is 10.6 Å². The largest absolute Gasteiger partial charge is 0.480 e. The summed E-state index contributed by atoms with van der Waals surface area (Å²) in [4.78, 5) is 45.8. The van der Waals surface area contributed by atoms with Gasteiger partial charge in [-0.15, -0.1) is 0 Å². The average Bonchev–Trinajstić information content (AvgIpc) is 2.47. The molecule has 0 aromatic heterocycles. The number of rotatable bonds is 10. The van der Waals surface area contributed by atoms with Gasteiger partial charge in [0.2, 0.25) is 17.7 Å². The van der Waals surface area contributed by atoms with Crippen LogP contribution in [0.2, 0.25) is 0 Å². The molecule has 4 atom stereocenters. The summed E-state index contributed by atoms with van der Waals surface area (Å²) in [6.07, 6.45) is 0.190. The molecule has 0 aromatic carbocycles. The molecule has 132 valence electrons. The summed E-state index contributed by atoms with van der Waals surface area (Å²) in [6, 6.07) is -3.34. The third-order valence-electron chi connectivity index (χ3n) is 3.35. The lowest BCUT2D eigenvalue weighted by atomic mass is 9.99. The van der Waals surface area contributed by atoms with E-state index >= 15 is 0 Å². The molecule has 3 amide bonds. The second-order valence-electron chi connectivity index (χ2n) is 5.23. The van der Waals surface area contributed by atoms with Crippen LogP contribution in [-0.4, -0.2) is 52.7 Å². The van der Waals surface area contributed by atoms with E-state index in [2.05, 4.69) is 23.3 Å². The summed E-state index contributed by atoms with van der Waals surface area (Å²) in [5, 5.41) is 13.8. The summed E-state index contributed by atoms with van der Waals surface area (Å²) in [5.74, 6) is -3.69. The van der Waals surface area contributed by atoms with Crippen molar-refractivity contribution in [3.63, 3.8) is 0 Å². The lowest BCUT2D eigenvalue weighted by Crippen LogP contribution is -2.56. The fourth-order valence-electron chi connectivity index (χ4n) is 1.72. The van der Waals surface area contributed by atoms with Crippen LogP contribution >= 0.6 is 12.6 Å². The Morgan fingerprint density at radius 2 is 1.74 bits per heavy atom. The third kappa shape index (κ3) is 7.33. The van der Waals surface area contributed by atoms with Gasteiger partial charge in [0.1, 0.15) is 12.1 Å². The van der Waals surface area contributed by atoms with Gasteiger partial charge in [0.25, 0.3) is 0 Å². The van der Waals surface area contributed by atoms with Crippen LogP contribution in [0.5, 0.6) is 0 Å². The maximum absolute atomic E-state index is 12.1. The second-order valence-corrected chi connectivity index (χ2v) is 5.60. The fourth-order valence-corrected chi connectivity index (χ4v) is 1.98. The Hall–Kier alpha value is -1.81. The minimum absolute atomic E-state index is 0.0618. The van der Waals surface area contributed by atoms with Crippen molar-refractivity contribution in [3.8, 4) is 0 Å². The van der Waals surface area contributed by atoms with Gasteiger partial charge in [-0.1, -0.05) is 20.3 Å². The van der Waals surface area contributed by atoms with E-state index in [0.717, 1.165) is 0 Å². The lowest BCUT2D eigenvalue weighted by Gasteiger charge is -2.24. The normalized spacial score (nSPS) is 15.8. The molecule has 0 rings (SSSR count). The van der Waals surface area contributed by atoms with E-state index in [0.29, 0.717) is 6.42 Å². The van der Waals surface area contributed by atoms with E-state index in [1.54, 1.807) is 13.8 Å². The van der Waals surface area contributed by atoms with Gasteiger partial charge in [0.05, 0.1) is 12.5 Å². The Morgan fingerprint density at radius 3 is 2.13 bits per heavy atom. The standard InChI is InChI=1S/C13H24N4O5S/c1-3-6(2)10(13(21)22)17-12(20)8(5-23)16-11(19)7(14)4-9(15)18/h6-8,10,23H,3-5,14H2,1-2H3,(H2,15,18)(H,16,19)(H,17,20)(H,21,22)/t6-,7-,8-,10-/m0/s1. The van der Waals surface area contributed by atoms with Gasteiger partial charge in [0.15, 0.2) is 0 Å². The van der Waals surface area contributed by atoms with E-state index in [9.17, 15) is 19.2 Å². The molecular formula is C13H24N4O5S. The van der Waals surface area contributed by atoms with E-state index in [1.165, 1.54) is 0 Å². The van der Waals surface area contributed by atoms with Crippen molar-refractivity contribution in [2.45, 2.75) is 44.8 Å². The number of nitrogens with one attached hydrogen (secondary N) is 2. The molecule has 23 heavy (non-hydrogen) atoms. The summed E-state index contributed by atoms with van der Waals surface area (Å²) >= 11 is 3.96. The minimum Gasteiger partial charge on any atom is -0.480 e. The second kappa shape index (κ2) is 10.1. The summed E-state index contributed by atoms with van der Waals surface area (Å²) < 4.78 is 0. The molecule has 0 aliphatic heterocycles. The zero-order valence-electron chi connectivity index (χ0n) is 13.1. The van der Waals surface area contributed by atoms with Crippen molar-refractivity contribution in [3.05, 3.63) is 0 Å². The van der Waals surface area contributed by atoms with E-state index in [1.807, 2.05) is 0 Å². The highest BCUT2D eigenvalue weighted by molar-refractivity contribution is 7.80. The van der Waals surface area contributed by atoms with Crippen LogP contribution in [0.4, 0.5) is 0 Å². The van der Waals surface area contributed by atoms with Crippen LogP contribution in [0.15, 0.2) is 0 Å². The maximum atomic E-state index is 12.1. The number of carboxylic acid groups (broad SMARTS) is 1. The van der Waals surface area contributed by atoms with Crippen LogP contribution in [-0.2, 0) is 19.2 Å². The van der Waals surface area contributed by atoms with Gasteiger partial charge in [-0.3, -0.25) is 14.4 Å². The number of carbonyl (C=O) groups excluding carboxylic acids is 3. The summed E-state index contributed by atoms with van der Waals surface area (Å²) in [7, 11) is 0. The van der Waals surface area contributed by atoms with Crippen LogP contribution in [0.1, 0.15) is 26.7 Å². The van der Waals surface area contributed by atoms with Gasteiger partial charge in [-0.25, -0.2) is 4.79 Å². The van der Waals surface area contributed by atoms with Gasteiger partial charge in [0, 0.05) is 5.75 Å². The van der Waals surface area contributed by atoms with E-state index in [-0.39, 0.29) is 18.1 Å². The first-order chi connectivity index (χ1) is 10.6. The predicted octanol–water partition coefficient (Wildman–Crippen LogP) is -1.78. The van der Waals surface area contributed by atoms with Crippen molar-refractivity contribution in [2.24, 2.45) is 17.4 Å². The Morgan fingerprint density at radius 1 is 1.17 bits per heavy atom. The molecule has 9 nitrogen and oxygen atoms in total. The van der Waals surface area contributed by atoms with Crippen molar-refractivity contribution < 1.29 is 24.3 Å². The number of aliphatic carboxylic acids is 1. The zero-order valence-corrected chi connectivity index (χ0v) is 14.0. The van der Waals surface area contributed by atoms with Gasteiger partial charge in [-0.05, 0) is 5.92 Å². The van der Waals surface area contributed by atoms with Crippen molar-refractivity contribution >= 4 is 36.3 Å². The number of amides is 3. The highest BCUT2D eigenvalue weighted by Crippen LogP contribution is 2.08. The Kier molecular flexibility index (Phi) is 9.27. The molecule has 0 radical (unpaired) electrons. The number of carboxylic acids is 1. The van der Waals surface area contributed by atoms with Gasteiger partial charge >= 0.3 is 5.97 Å². The smallest absolute Gasteiger partial charge is 0.326 e. The number of hydrogen-bond acceptors (Lipinski definition) is 6. The molecule has 0 spiro atoms. The highest BCUT2D eigenvalue weighted by atomic mass is 32.1. The molecular weight excluding hydrogens is 324 g/mol. The Bertz CT molecular complexity index is 460. The summed E-state index contributed by atoms with van der Waals surface area (Å²) in [5.41, 5.74) is 10.4. The molecule has 0 fully saturated rings. The number of thiol groups is 1. The molecule has 0 aliphatic carbocycles. The number of nitrogens with two attached hydrogens (primary N) is 2. The van der Waals surface area contributed by atoms with E-state index < -0.39 is 41.8 Å². The zero-order chi connectivity index (χ0) is 18.2. The Balaban J connectivity index is 4.82. The fraction of sp³-hybridized carbons (Fsp3) is 0.692. The molecule has 0 aromatic rings. The lowest BCUT2D eigenvalue weighted by molar-refractivity contribution is -0.143. The predicted molar refractivity (Wildman–Crippen MR) is 86.6 cm³/mol. The minimum atomic E-state index is -1.19. The van der Waals surface area contributed by atoms with Crippen LogP contribution in [0.3, 0.4) is 0 Å². The molecule has 0 saturated heterocycles. The molecule has 0 bridgehead atoms. The van der Waals surface area contributed by atoms with Gasteiger partial charge < -0.3 is 27.2 Å². The Labute approximate surface area is 139 Å². The highest BCUT2D eigenvalue weighted by Gasteiger charge is 2.29. The topological polar surface area (TPSA) is 165 Å². The monoisotopic (exact) mass is 348 g/mol.